The molecule has 4 rings (SSSR count). The number of methoxy groups -OCH3 is 1. The van der Waals surface area contributed by atoms with Gasteiger partial charge in [0, 0.05) is 12.1 Å². The number of aliphatic imine (C=N–C) groups is 1. The van der Waals surface area contributed by atoms with E-state index in [4.69, 9.17) is 42.0 Å². The molecule has 0 saturated carbocycles. The topological polar surface area (TPSA) is 151 Å². The molecule has 0 spiro atoms. The molecule has 5 atom stereocenters. The summed E-state index contributed by atoms with van der Waals surface area (Å²) in [5.74, 6) is -0.704. The van der Waals surface area contributed by atoms with Gasteiger partial charge in [0.1, 0.15) is 30.9 Å². The maximum atomic E-state index is 12.5. The molecule has 0 aromatic heterocycles. The molecule has 1 fully saturated rings. The van der Waals surface area contributed by atoms with Crippen molar-refractivity contribution >= 4 is 34.2 Å². The highest BCUT2D eigenvalue weighted by atomic mass is 35.5. The average Bonchev–Trinajstić information content (AvgIpc) is 2.93. The van der Waals surface area contributed by atoms with Crippen LogP contribution in [0, 0.1) is 0 Å². The van der Waals surface area contributed by atoms with E-state index in [0.717, 1.165) is 21.9 Å². The van der Waals surface area contributed by atoms with E-state index < -0.39 is 36.6 Å². The maximum Gasteiger partial charge on any atom is 0.242 e. The molecule has 208 valence electrons. The molecule has 39 heavy (non-hydrogen) atoms. The van der Waals surface area contributed by atoms with E-state index in [1.165, 1.54) is 7.11 Å². The van der Waals surface area contributed by atoms with Crippen molar-refractivity contribution in [2.24, 2.45) is 16.5 Å². The number of rotatable bonds is 11. The fraction of sp³-hybridized carbons (Fsp3) is 0.357. The second-order valence-electron chi connectivity index (χ2n) is 9.20. The van der Waals surface area contributed by atoms with Crippen molar-refractivity contribution in [2.45, 2.75) is 43.9 Å². The van der Waals surface area contributed by atoms with Crippen LogP contribution in [0.25, 0.3) is 10.8 Å². The van der Waals surface area contributed by atoms with E-state index in [1.807, 2.05) is 48.5 Å². The van der Waals surface area contributed by atoms with Crippen LogP contribution < -0.4 is 16.8 Å². The molecule has 1 amide bonds. The van der Waals surface area contributed by atoms with Gasteiger partial charge in [-0.05, 0) is 40.1 Å². The van der Waals surface area contributed by atoms with Gasteiger partial charge in [-0.1, -0.05) is 60.1 Å². The molecule has 0 bridgehead atoms. The Kier molecular flexibility index (Phi) is 10.1. The highest BCUT2D eigenvalue weighted by molar-refractivity contribution is 6.30. The van der Waals surface area contributed by atoms with Gasteiger partial charge in [0.15, 0.2) is 12.2 Å². The van der Waals surface area contributed by atoms with Gasteiger partial charge in [0.25, 0.3) is 0 Å². The van der Waals surface area contributed by atoms with Crippen LogP contribution in [0.4, 0.5) is 0 Å². The molecule has 1 saturated heterocycles. The Labute approximate surface area is 231 Å². The smallest absolute Gasteiger partial charge is 0.242 e. The summed E-state index contributed by atoms with van der Waals surface area (Å²) in [6, 6.07) is 20.5. The fourth-order valence-corrected chi connectivity index (χ4v) is 4.53. The van der Waals surface area contributed by atoms with Gasteiger partial charge in [-0.25, -0.2) is 4.99 Å². The summed E-state index contributed by atoms with van der Waals surface area (Å²) < 4.78 is 23.7. The Bertz CT molecular complexity index is 1270. The molecule has 1 aliphatic rings. The lowest BCUT2D eigenvalue weighted by Gasteiger charge is -2.44. The third-order valence-electron chi connectivity index (χ3n) is 6.37. The quantitative estimate of drug-likeness (QED) is 0.207. The number of hydrogen-bond acceptors (Lipinski definition) is 7. The molecule has 1 heterocycles. The Morgan fingerprint density at radius 1 is 1.05 bits per heavy atom. The molecular weight excluding hydrogens is 524 g/mol. The van der Waals surface area contributed by atoms with E-state index in [0.29, 0.717) is 11.6 Å². The summed E-state index contributed by atoms with van der Waals surface area (Å²) in [5, 5.41) is 16.7. The van der Waals surface area contributed by atoms with Crippen LogP contribution in [0.1, 0.15) is 11.1 Å². The van der Waals surface area contributed by atoms with E-state index in [-0.39, 0.29) is 25.7 Å². The standard InChI is InChI=1S/C28H33ClN4O6/c1-36-26-24(33-23(34)13-32-28(30)31)27(38-15-17-7-10-21(29)11-8-17)39-22(25(26)35)16-37-14-18-6-9-19-4-2-3-5-20(19)12-18/h2-12,22,24-27,35H,13-16H2,1H3,(H,33,34)(H4,30,31,32)/t22?,24?,25-,26-,27-/m1/s1. The minimum Gasteiger partial charge on any atom is -0.388 e. The van der Waals surface area contributed by atoms with E-state index in [2.05, 4.69) is 16.4 Å². The molecule has 3 aromatic carbocycles. The van der Waals surface area contributed by atoms with Gasteiger partial charge < -0.3 is 40.8 Å². The number of nitrogens with zero attached hydrogens (tertiary/aromatic N) is 1. The van der Waals surface area contributed by atoms with Gasteiger partial charge in [-0.15, -0.1) is 0 Å². The summed E-state index contributed by atoms with van der Waals surface area (Å²) in [6.45, 7) is 0.264. The number of halogens is 1. The summed E-state index contributed by atoms with van der Waals surface area (Å²) in [7, 11) is 1.44. The van der Waals surface area contributed by atoms with Crippen molar-refractivity contribution in [2.75, 3.05) is 20.3 Å². The molecular formula is C28H33ClN4O6. The Balaban J connectivity index is 1.45. The van der Waals surface area contributed by atoms with Crippen molar-refractivity contribution < 1.29 is 28.8 Å². The lowest BCUT2D eigenvalue weighted by Crippen LogP contribution is -2.65. The van der Waals surface area contributed by atoms with Crippen LogP contribution in [0.5, 0.6) is 0 Å². The minimum absolute atomic E-state index is 0.0727. The second-order valence-corrected chi connectivity index (χ2v) is 9.64. The van der Waals surface area contributed by atoms with Gasteiger partial charge in [-0.2, -0.15) is 0 Å². The second kappa shape index (κ2) is 13.7. The zero-order valence-electron chi connectivity index (χ0n) is 21.5. The Morgan fingerprint density at radius 3 is 2.49 bits per heavy atom. The number of carbonyl (C=O) groups excluding carboxylic acids is 1. The molecule has 11 heteroatoms. The largest absolute Gasteiger partial charge is 0.388 e. The van der Waals surface area contributed by atoms with Crippen LogP contribution in [-0.2, 0) is 37.0 Å². The molecule has 0 aliphatic carbocycles. The lowest BCUT2D eigenvalue weighted by atomic mass is 9.96. The van der Waals surface area contributed by atoms with Crippen LogP contribution in [0.2, 0.25) is 5.02 Å². The molecule has 10 nitrogen and oxygen atoms in total. The van der Waals surface area contributed by atoms with E-state index in [9.17, 15) is 9.90 Å². The molecule has 3 aromatic rings. The number of nitrogens with one attached hydrogen (secondary N) is 1. The lowest BCUT2D eigenvalue weighted by molar-refractivity contribution is -0.279. The highest BCUT2D eigenvalue weighted by Crippen LogP contribution is 2.26. The Hall–Kier alpha value is -3.25. The number of nitrogens with two attached hydrogens (primary N) is 2. The molecule has 2 unspecified atom stereocenters. The van der Waals surface area contributed by atoms with Crippen LogP contribution in [0.3, 0.4) is 0 Å². The highest BCUT2D eigenvalue weighted by Gasteiger charge is 2.47. The summed E-state index contributed by atoms with van der Waals surface area (Å²) in [4.78, 5) is 16.3. The number of hydrogen-bond donors (Lipinski definition) is 4. The van der Waals surface area contributed by atoms with E-state index in [1.54, 1.807) is 12.1 Å². The first-order valence-electron chi connectivity index (χ1n) is 12.5. The predicted molar refractivity (Wildman–Crippen MR) is 148 cm³/mol. The zero-order valence-corrected chi connectivity index (χ0v) is 22.3. The number of aliphatic hydroxyl groups is 1. The third kappa shape index (κ3) is 7.89. The fourth-order valence-electron chi connectivity index (χ4n) is 4.41. The number of amides is 1. The number of benzene rings is 3. The average molecular weight is 557 g/mol. The van der Waals surface area contributed by atoms with Gasteiger partial charge in [-0.3, -0.25) is 4.79 Å². The zero-order chi connectivity index (χ0) is 27.8. The van der Waals surface area contributed by atoms with Crippen molar-refractivity contribution in [1.29, 1.82) is 0 Å². The molecule has 1 aliphatic heterocycles. The summed E-state index contributed by atoms with van der Waals surface area (Å²) >= 11 is 5.99. The first-order valence-corrected chi connectivity index (χ1v) is 12.8. The maximum absolute atomic E-state index is 12.5. The van der Waals surface area contributed by atoms with Crippen molar-refractivity contribution in [1.82, 2.24) is 5.32 Å². The predicted octanol–water partition coefficient (Wildman–Crippen LogP) is 2.09. The number of aliphatic hydroxyl groups excluding tert-OH is 1. The van der Waals surface area contributed by atoms with Crippen molar-refractivity contribution in [3.05, 3.63) is 82.9 Å². The molecule has 6 N–H and O–H groups in total. The van der Waals surface area contributed by atoms with Gasteiger partial charge in [0.2, 0.25) is 5.91 Å². The van der Waals surface area contributed by atoms with Gasteiger partial charge >= 0.3 is 0 Å². The minimum atomic E-state index is -1.12. The first-order chi connectivity index (χ1) is 18.8. The van der Waals surface area contributed by atoms with Crippen LogP contribution in [0.15, 0.2) is 71.7 Å². The molecule has 0 radical (unpaired) electrons. The van der Waals surface area contributed by atoms with Crippen molar-refractivity contribution in [3.8, 4) is 0 Å². The Morgan fingerprint density at radius 2 is 1.77 bits per heavy atom. The SMILES string of the molecule is CO[C@@H]1C(NC(=O)CN=C(N)N)[C@H](OCc2ccc(Cl)cc2)OC(COCc2ccc3ccccc3c2)[C@H]1O. The van der Waals surface area contributed by atoms with Crippen LogP contribution in [-0.4, -0.2) is 67.9 Å². The number of carbonyl (C=O) groups is 1. The number of guanidine groups is 1. The van der Waals surface area contributed by atoms with E-state index >= 15 is 0 Å². The van der Waals surface area contributed by atoms with Crippen molar-refractivity contribution in [3.63, 3.8) is 0 Å². The number of ether oxygens (including phenoxy) is 4. The van der Waals surface area contributed by atoms with Gasteiger partial charge in [0.05, 0.1) is 19.8 Å². The summed E-state index contributed by atoms with van der Waals surface area (Å²) in [6.07, 6.45) is -3.72. The first kappa shape index (κ1) is 28.8. The third-order valence-corrected chi connectivity index (χ3v) is 6.62. The summed E-state index contributed by atoms with van der Waals surface area (Å²) in [5.41, 5.74) is 12.5. The number of fused-ring (bicyclic) bond motifs is 1. The normalized spacial score (nSPS) is 22.9. The monoisotopic (exact) mass is 556 g/mol. The van der Waals surface area contributed by atoms with Crippen LogP contribution >= 0.6 is 11.6 Å².